The van der Waals surface area contributed by atoms with Crippen LogP contribution in [-0.2, 0) is 11.3 Å². The van der Waals surface area contributed by atoms with E-state index in [9.17, 15) is 9.59 Å². The molecule has 8 heteroatoms. The van der Waals surface area contributed by atoms with E-state index in [0.29, 0.717) is 38.3 Å². The summed E-state index contributed by atoms with van der Waals surface area (Å²) in [7, 11) is 0. The fourth-order valence-corrected chi connectivity index (χ4v) is 3.54. The normalized spacial score (nSPS) is 10.7. The number of carbonyl (C=O) groups is 1. The number of nitrogens with zero attached hydrogens (tertiary/aromatic N) is 2. The number of fused-ring (bicyclic) bond motifs is 1. The first-order chi connectivity index (χ1) is 13.0. The molecule has 0 aliphatic heterocycles. The molecule has 0 saturated heterocycles. The maximum Gasteiger partial charge on any atom is 0.262 e. The molecule has 138 valence electrons. The zero-order chi connectivity index (χ0) is 19.4. The summed E-state index contributed by atoms with van der Waals surface area (Å²) >= 11 is 13.0. The fourth-order valence-electron chi connectivity index (χ4n) is 2.43. The van der Waals surface area contributed by atoms with Crippen LogP contribution in [0.4, 0.5) is 5.69 Å². The van der Waals surface area contributed by atoms with E-state index in [1.54, 1.807) is 48.5 Å². The van der Waals surface area contributed by atoms with Gasteiger partial charge in [0, 0.05) is 22.3 Å². The molecule has 1 aromatic heterocycles. The van der Waals surface area contributed by atoms with Gasteiger partial charge in [0.25, 0.3) is 5.56 Å². The van der Waals surface area contributed by atoms with Crippen LogP contribution in [0.3, 0.4) is 0 Å². The van der Waals surface area contributed by atoms with Gasteiger partial charge in [0.1, 0.15) is 0 Å². The molecule has 1 heterocycles. The van der Waals surface area contributed by atoms with Gasteiger partial charge in [0.05, 0.1) is 16.7 Å². The number of halogens is 2. The molecule has 0 unspecified atom stereocenters. The molecule has 0 aliphatic rings. The molecule has 0 radical (unpaired) electrons. The van der Waals surface area contributed by atoms with Gasteiger partial charge in [0.15, 0.2) is 5.16 Å². The molecule has 0 aliphatic carbocycles. The van der Waals surface area contributed by atoms with Crippen LogP contribution in [0.25, 0.3) is 10.9 Å². The van der Waals surface area contributed by atoms with Crippen LogP contribution in [0.5, 0.6) is 0 Å². The molecular weight excluding hydrogens is 405 g/mol. The van der Waals surface area contributed by atoms with Crippen LogP contribution >= 0.6 is 35.0 Å². The lowest BCUT2D eigenvalue weighted by molar-refractivity contribution is -0.113. The van der Waals surface area contributed by atoms with Crippen molar-refractivity contribution < 1.29 is 4.79 Å². The maximum absolute atomic E-state index is 12.7. The van der Waals surface area contributed by atoms with Crippen LogP contribution in [0.2, 0.25) is 10.0 Å². The standard InChI is InChI=1S/C19H15Cl2N3O2S/c1-2-9-24-18(26)15-8-5-13(21)10-16(15)23-19(24)27-11-17(25)22-14-6-3-12(20)4-7-14/h2-8,10H,1,9,11H2,(H,22,25). The number of carbonyl (C=O) groups excluding carboxylic acids is 1. The summed E-state index contributed by atoms with van der Waals surface area (Å²) in [5.74, 6) is -0.119. The van der Waals surface area contributed by atoms with E-state index in [4.69, 9.17) is 23.2 Å². The molecule has 3 aromatic rings. The number of amides is 1. The van der Waals surface area contributed by atoms with Crippen molar-refractivity contribution >= 4 is 57.5 Å². The topological polar surface area (TPSA) is 64.0 Å². The number of hydrogen-bond donors (Lipinski definition) is 1. The Balaban J connectivity index is 1.83. The summed E-state index contributed by atoms with van der Waals surface area (Å²) < 4.78 is 1.49. The minimum absolute atomic E-state index is 0.0955. The van der Waals surface area contributed by atoms with Gasteiger partial charge in [-0.15, -0.1) is 6.58 Å². The van der Waals surface area contributed by atoms with Gasteiger partial charge in [0.2, 0.25) is 5.91 Å². The number of aromatic nitrogens is 2. The highest BCUT2D eigenvalue weighted by atomic mass is 35.5. The molecule has 0 saturated carbocycles. The number of rotatable bonds is 6. The Labute approximate surface area is 170 Å². The van der Waals surface area contributed by atoms with Crippen molar-refractivity contribution in [1.29, 1.82) is 0 Å². The predicted molar refractivity (Wildman–Crippen MR) is 112 cm³/mol. The number of hydrogen-bond acceptors (Lipinski definition) is 4. The first-order valence-electron chi connectivity index (χ1n) is 7.97. The largest absolute Gasteiger partial charge is 0.325 e. The highest BCUT2D eigenvalue weighted by molar-refractivity contribution is 7.99. The zero-order valence-electron chi connectivity index (χ0n) is 14.1. The van der Waals surface area contributed by atoms with Crippen molar-refractivity contribution in [2.24, 2.45) is 0 Å². The third-order valence-electron chi connectivity index (χ3n) is 3.65. The summed E-state index contributed by atoms with van der Waals surface area (Å²) in [6.07, 6.45) is 1.61. The third kappa shape index (κ3) is 4.71. The lowest BCUT2D eigenvalue weighted by Crippen LogP contribution is -2.23. The van der Waals surface area contributed by atoms with Gasteiger partial charge in [-0.3, -0.25) is 14.2 Å². The summed E-state index contributed by atoms with van der Waals surface area (Å²) in [5, 5.41) is 4.76. The van der Waals surface area contributed by atoms with Crippen LogP contribution in [0.1, 0.15) is 0 Å². The van der Waals surface area contributed by atoms with Gasteiger partial charge in [-0.1, -0.05) is 41.0 Å². The van der Waals surface area contributed by atoms with Crippen molar-refractivity contribution in [2.45, 2.75) is 11.7 Å². The van der Waals surface area contributed by atoms with E-state index < -0.39 is 0 Å². The highest BCUT2D eigenvalue weighted by Crippen LogP contribution is 2.21. The quantitative estimate of drug-likeness (QED) is 0.359. The third-order valence-corrected chi connectivity index (χ3v) is 5.12. The highest BCUT2D eigenvalue weighted by Gasteiger charge is 2.13. The van der Waals surface area contributed by atoms with E-state index in [1.807, 2.05) is 0 Å². The molecule has 2 aromatic carbocycles. The average Bonchev–Trinajstić information content (AvgIpc) is 2.64. The molecule has 5 nitrogen and oxygen atoms in total. The molecule has 27 heavy (non-hydrogen) atoms. The Morgan fingerprint density at radius 2 is 1.89 bits per heavy atom. The molecule has 0 spiro atoms. The molecule has 0 atom stereocenters. The molecule has 0 bridgehead atoms. The van der Waals surface area contributed by atoms with Gasteiger partial charge >= 0.3 is 0 Å². The molecule has 1 N–H and O–H groups in total. The van der Waals surface area contributed by atoms with E-state index in [-0.39, 0.29) is 17.2 Å². The Kier molecular flexibility index (Phi) is 6.21. The van der Waals surface area contributed by atoms with E-state index in [1.165, 1.54) is 16.3 Å². The molecule has 0 fully saturated rings. The molecular formula is C19H15Cl2N3O2S. The molecule has 3 rings (SSSR count). The second kappa shape index (κ2) is 8.61. The van der Waals surface area contributed by atoms with Crippen molar-refractivity contribution in [3.63, 3.8) is 0 Å². The Hall–Kier alpha value is -2.28. The summed E-state index contributed by atoms with van der Waals surface area (Å²) in [5.41, 5.74) is 0.942. The number of anilines is 1. The average molecular weight is 420 g/mol. The van der Waals surface area contributed by atoms with Crippen molar-refractivity contribution in [1.82, 2.24) is 9.55 Å². The van der Waals surface area contributed by atoms with Gasteiger partial charge in [-0.25, -0.2) is 4.98 Å². The van der Waals surface area contributed by atoms with Crippen LogP contribution in [0.15, 0.2) is 65.1 Å². The van der Waals surface area contributed by atoms with E-state index in [0.717, 1.165) is 0 Å². The van der Waals surface area contributed by atoms with Crippen LogP contribution in [0, 0.1) is 0 Å². The summed E-state index contributed by atoms with van der Waals surface area (Å²) in [4.78, 5) is 29.4. The SMILES string of the molecule is C=CCn1c(SCC(=O)Nc2ccc(Cl)cc2)nc2cc(Cl)ccc2c1=O. The number of benzene rings is 2. The lowest BCUT2D eigenvalue weighted by Gasteiger charge is -2.11. The number of allylic oxidation sites excluding steroid dienone is 1. The smallest absolute Gasteiger partial charge is 0.262 e. The van der Waals surface area contributed by atoms with Gasteiger partial charge < -0.3 is 5.32 Å². The van der Waals surface area contributed by atoms with Crippen molar-refractivity contribution in [3.8, 4) is 0 Å². The number of thioether (sulfide) groups is 1. The van der Waals surface area contributed by atoms with E-state index in [2.05, 4.69) is 16.9 Å². The second-order valence-corrected chi connectivity index (χ2v) is 7.42. The van der Waals surface area contributed by atoms with Gasteiger partial charge in [-0.2, -0.15) is 0 Å². The van der Waals surface area contributed by atoms with Crippen LogP contribution in [-0.4, -0.2) is 21.2 Å². The fraction of sp³-hybridized carbons (Fsp3) is 0.105. The number of nitrogens with one attached hydrogen (secondary N) is 1. The summed E-state index contributed by atoms with van der Waals surface area (Å²) in [6.45, 7) is 3.98. The summed E-state index contributed by atoms with van der Waals surface area (Å²) in [6, 6.07) is 11.8. The van der Waals surface area contributed by atoms with Gasteiger partial charge in [-0.05, 0) is 42.5 Å². The van der Waals surface area contributed by atoms with Crippen LogP contribution < -0.4 is 10.9 Å². The Morgan fingerprint density at radius 1 is 1.19 bits per heavy atom. The first-order valence-corrected chi connectivity index (χ1v) is 9.71. The minimum Gasteiger partial charge on any atom is -0.325 e. The van der Waals surface area contributed by atoms with Crippen molar-refractivity contribution in [2.75, 3.05) is 11.1 Å². The minimum atomic E-state index is -0.215. The van der Waals surface area contributed by atoms with Crippen molar-refractivity contribution in [3.05, 3.63) is 75.5 Å². The zero-order valence-corrected chi connectivity index (χ0v) is 16.4. The second-order valence-electron chi connectivity index (χ2n) is 5.60. The molecule has 1 amide bonds. The monoisotopic (exact) mass is 419 g/mol. The lowest BCUT2D eigenvalue weighted by atomic mass is 10.2. The predicted octanol–water partition coefficient (Wildman–Crippen LogP) is 4.62. The Morgan fingerprint density at radius 3 is 2.59 bits per heavy atom. The Bertz CT molecular complexity index is 1060. The maximum atomic E-state index is 12.7. The van der Waals surface area contributed by atoms with E-state index >= 15 is 0 Å². The first kappa shape index (κ1) is 19.5.